The number of carbonyl (C=O) groups excluding carboxylic acids is 1. The quantitative estimate of drug-likeness (QED) is 0.678. The van der Waals surface area contributed by atoms with Crippen molar-refractivity contribution in [1.29, 1.82) is 0 Å². The topological polar surface area (TPSA) is 57.6 Å². The van der Waals surface area contributed by atoms with Crippen LogP contribution in [-0.4, -0.2) is 35.0 Å². The maximum atomic E-state index is 11.0. The summed E-state index contributed by atoms with van der Waals surface area (Å²) in [7, 11) is 0. The average Bonchev–Trinajstić information content (AvgIpc) is 2.15. The van der Waals surface area contributed by atoms with Crippen molar-refractivity contribution in [3.8, 4) is 0 Å². The Kier molecular flexibility index (Phi) is 3.37. The molecule has 2 atom stereocenters. The van der Waals surface area contributed by atoms with Crippen LogP contribution in [0.5, 0.6) is 0 Å². The molecule has 15 heavy (non-hydrogen) atoms. The second-order valence-corrected chi connectivity index (χ2v) is 5.28. The number of carboxylic acid groups (broad SMARTS) is 1. The van der Waals surface area contributed by atoms with E-state index in [-0.39, 0.29) is 17.4 Å². The first-order valence-electron chi connectivity index (χ1n) is 5.31. The minimum absolute atomic E-state index is 0.0184. The first kappa shape index (κ1) is 12.0. The summed E-state index contributed by atoms with van der Waals surface area (Å²) >= 11 is 0. The van der Waals surface area contributed by atoms with Crippen molar-refractivity contribution in [1.82, 2.24) is 4.90 Å². The Morgan fingerprint density at radius 3 is 2.47 bits per heavy atom. The lowest BCUT2D eigenvalue weighted by molar-refractivity contribution is -0.113. The Labute approximate surface area is 90.3 Å². The van der Waals surface area contributed by atoms with Gasteiger partial charge in [-0.05, 0) is 18.3 Å². The minimum Gasteiger partial charge on any atom is -0.465 e. The molecule has 2 unspecified atom stereocenters. The zero-order chi connectivity index (χ0) is 11.6. The lowest BCUT2D eigenvalue weighted by Gasteiger charge is -2.43. The molecule has 1 amide bonds. The Hall–Kier alpha value is -1.06. The summed E-state index contributed by atoms with van der Waals surface area (Å²) in [6.07, 6.45) is 1.39. The minimum atomic E-state index is -0.876. The fourth-order valence-corrected chi connectivity index (χ4v) is 2.17. The molecule has 0 radical (unpaired) electrons. The standard InChI is InChI=1S/C11H19NO3/c1-11(2,3)9-6-8(7-13)4-5-12(9)10(14)15/h7-9H,4-6H2,1-3H3,(H,14,15). The lowest BCUT2D eigenvalue weighted by Crippen LogP contribution is -2.51. The molecule has 0 saturated carbocycles. The number of likely N-dealkylation sites (tertiary alicyclic amines) is 1. The molecule has 4 heteroatoms. The maximum absolute atomic E-state index is 11.0. The van der Waals surface area contributed by atoms with Gasteiger partial charge in [-0.1, -0.05) is 20.8 Å². The summed E-state index contributed by atoms with van der Waals surface area (Å²) in [4.78, 5) is 23.3. The number of amides is 1. The third-order valence-corrected chi connectivity index (χ3v) is 3.08. The second kappa shape index (κ2) is 4.21. The number of nitrogens with zero attached hydrogens (tertiary/aromatic N) is 1. The molecular formula is C11H19NO3. The zero-order valence-electron chi connectivity index (χ0n) is 9.56. The van der Waals surface area contributed by atoms with Gasteiger partial charge in [-0.3, -0.25) is 0 Å². The van der Waals surface area contributed by atoms with Crippen LogP contribution in [0.4, 0.5) is 4.79 Å². The monoisotopic (exact) mass is 213 g/mol. The molecule has 1 saturated heterocycles. The van der Waals surface area contributed by atoms with E-state index in [4.69, 9.17) is 5.11 Å². The van der Waals surface area contributed by atoms with Crippen molar-refractivity contribution < 1.29 is 14.7 Å². The third-order valence-electron chi connectivity index (χ3n) is 3.08. The van der Waals surface area contributed by atoms with Crippen LogP contribution in [0.15, 0.2) is 0 Å². The highest BCUT2D eigenvalue weighted by atomic mass is 16.4. The predicted octanol–water partition coefficient (Wildman–Crippen LogP) is 1.99. The summed E-state index contributed by atoms with van der Waals surface area (Å²) in [5, 5.41) is 9.07. The number of rotatable bonds is 1. The van der Waals surface area contributed by atoms with E-state index in [1.165, 1.54) is 4.90 Å². The van der Waals surface area contributed by atoms with Gasteiger partial charge in [-0.2, -0.15) is 0 Å². The number of hydrogen-bond donors (Lipinski definition) is 1. The molecule has 0 aromatic carbocycles. The summed E-state index contributed by atoms with van der Waals surface area (Å²) in [6.45, 7) is 6.52. The van der Waals surface area contributed by atoms with Crippen LogP contribution in [0.3, 0.4) is 0 Å². The van der Waals surface area contributed by atoms with Crippen molar-refractivity contribution in [3.05, 3.63) is 0 Å². The van der Waals surface area contributed by atoms with E-state index in [1.807, 2.05) is 20.8 Å². The van der Waals surface area contributed by atoms with Crippen LogP contribution in [0.1, 0.15) is 33.6 Å². The van der Waals surface area contributed by atoms with Gasteiger partial charge in [0.05, 0.1) is 0 Å². The number of hydrogen-bond acceptors (Lipinski definition) is 2. The Morgan fingerprint density at radius 1 is 1.47 bits per heavy atom. The predicted molar refractivity (Wildman–Crippen MR) is 56.8 cm³/mol. The molecule has 0 aromatic heterocycles. The Balaban J connectivity index is 2.82. The van der Waals surface area contributed by atoms with Crippen molar-refractivity contribution in [2.45, 2.75) is 39.7 Å². The number of carbonyl (C=O) groups is 2. The normalized spacial score (nSPS) is 27.5. The molecular weight excluding hydrogens is 194 g/mol. The SMILES string of the molecule is CC(C)(C)C1CC(C=O)CCN1C(=O)O. The van der Waals surface area contributed by atoms with Gasteiger partial charge in [0.2, 0.25) is 0 Å². The van der Waals surface area contributed by atoms with Crippen LogP contribution in [-0.2, 0) is 4.79 Å². The second-order valence-electron chi connectivity index (χ2n) is 5.28. The van der Waals surface area contributed by atoms with E-state index in [9.17, 15) is 9.59 Å². The molecule has 0 aliphatic carbocycles. The first-order valence-corrected chi connectivity index (χ1v) is 5.31. The van der Waals surface area contributed by atoms with Gasteiger partial charge < -0.3 is 14.8 Å². The lowest BCUT2D eigenvalue weighted by atomic mass is 9.77. The van der Waals surface area contributed by atoms with Gasteiger partial charge in [0, 0.05) is 18.5 Å². The van der Waals surface area contributed by atoms with Gasteiger partial charge in [0.1, 0.15) is 6.29 Å². The third kappa shape index (κ3) is 2.70. The molecule has 1 fully saturated rings. The summed E-state index contributed by atoms with van der Waals surface area (Å²) in [6, 6.07) is -0.0565. The maximum Gasteiger partial charge on any atom is 0.407 e. The summed E-state index contributed by atoms with van der Waals surface area (Å²) < 4.78 is 0. The van der Waals surface area contributed by atoms with E-state index in [1.54, 1.807) is 0 Å². The van der Waals surface area contributed by atoms with Gasteiger partial charge in [0.15, 0.2) is 0 Å². The Bertz CT molecular complexity index is 257. The van der Waals surface area contributed by atoms with Crippen molar-refractivity contribution >= 4 is 12.4 Å². The molecule has 0 spiro atoms. The molecule has 1 N–H and O–H groups in total. The van der Waals surface area contributed by atoms with E-state index in [0.717, 1.165) is 6.29 Å². The smallest absolute Gasteiger partial charge is 0.407 e. The fourth-order valence-electron chi connectivity index (χ4n) is 2.17. The van der Waals surface area contributed by atoms with Crippen molar-refractivity contribution in [3.63, 3.8) is 0 Å². The van der Waals surface area contributed by atoms with E-state index < -0.39 is 6.09 Å². The van der Waals surface area contributed by atoms with E-state index in [0.29, 0.717) is 19.4 Å². The van der Waals surface area contributed by atoms with E-state index in [2.05, 4.69) is 0 Å². The van der Waals surface area contributed by atoms with Gasteiger partial charge in [-0.25, -0.2) is 4.79 Å². The Morgan fingerprint density at radius 2 is 2.07 bits per heavy atom. The summed E-state index contributed by atoms with van der Waals surface area (Å²) in [5.41, 5.74) is -0.111. The molecule has 1 aliphatic rings. The molecule has 4 nitrogen and oxygen atoms in total. The zero-order valence-corrected chi connectivity index (χ0v) is 9.56. The van der Waals surface area contributed by atoms with Gasteiger partial charge >= 0.3 is 6.09 Å². The highest BCUT2D eigenvalue weighted by molar-refractivity contribution is 5.66. The molecule has 86 valence electrons. The van der Waals surface area contributed by atoms with Crippen LogP contribution < -0.4 is 0 Å². The van der Waals surface area contributed by atoms with Crippen LogP contribution in [0.25, 0.3) is 0 Å². The largest absolute Gasteiger partial charge is 0.465 e. The van der Waals surface area contributed by atoms with Crippen LogP contribution in [0.2, 0.25) is 0 Å². The number of aldehydes is 1. The van der Waals surface area contributed by atoms with Crippen molar-refractivity contribution in [2.75, 3.05) is 6.54 Å². The van der Waals surface area contributed by atoms with Crippen LogP contribution in [0, 0.1) is 11.3 Å². The van der Waals surface area contributed by atoms with Crippen molar-refractivity contribution in [2.24, 2.45) is 11.3 Å². The molecule has 1 rings (SSSR count). The fraction of sp³-hybridized carbons (Fsp3) is 0.818. The van der Waals surface area contributed by atoms with Gasteiger partial charge in [0.25, 0.3) is 0 Å². The molecule has 1 heterocycles. The van der Waals surface area contributed by atoms with Gasteiger partial charge in [-0.15, -0.1) is 0 Å². The highest BCUT2D eigenvalue weighted by Crippen LogP contribution is 2.33. The van der Waals surface area contributed by atoms with E-state index >= 15 is 0 Å². The highest BCUT2D eigenvalue weighted by Gasteiger charge is 2.38. The first-order chi connectivity index (χ1) is 6.86. The number of piperidine rings is 1. The summed E-state index contributed by atoms with van der Waals surface area (Å²) in [5.74, 6) is 0.0184. The molecule has 0 bridgehead atoms. The average molecular weight is 213 g/mol. The molecule has 0 aromatic rings. The molecule has 1 aliphatic heterocycles. The van der Waals surface area contributed by atoms with Crippen LogP contribution >= 0.6 is 0 Å².